The van der Waals surface area contributed by atoms with Gasteiger partial charge in [0.15, 0.2) is 18.1 Å². The van der Waals surface area contributed by atoms with Crippen LogP contribution >= 0.6 is 24.0 Å². The fourth-order valence-electron chi connectivity index (χ4n) is 2.74. The molecule has 0 aromatic heterocycles. The van der Waals surface area contributed by atoms with Crippen molar-refractivity contribution in [3.63, 3.8) is 0 Å². The monoisotopic (exact) mass is 446 g/mol. The van der Waals surface area contributed by atoms with E-state index in [-0.39, 0.29) is 12.5 Å². The predicted octanol–water partition coefficient (Wildman–Crippen LogP) is 4.07. The summed E-state index contributed by atoms with van der Waals surface area (Å²) in [6.45, 7) is 2.05. The minimum Gasteiger partial charge on any atom is -0.493 e. The summed E-state index contributed by atoms with van der Waals surface area (Å²) in [5.41, 5.74) is 1.04. The highest BCUT2D eigenvalue weighted by Crippen LogP contribution is 2.37. The van der Waals surface area contributed by atoms with Gasteiger partial charge in [-0.15, -0.1) is 0 Å². The van der Waals surface area contributed by atoms with Crippen LogP contribution in [0, 0.1) is 5.82 Å². The number of likely N-dealkylation sites (N-methyl/N-ethyl adjacent to an activating group) is 1. The molecule has 0 aliphatic carbocycles. The van der Waals surface area contributed by atoms with Gasteiger partial charge in [-0.1, -0.05) is 36.1 Å². The van der Waals surface area contributed by atoms with E-state index in [4.69, 9.17) is 21.7 Å². The van der Waals surface area contributed by atoms with Crippen LogP contribution in [0.15, 0.2) is 47.4 Å². The van der Waals surface area contributed by atoms with Gasteiger partial charge in [0.25, 0.3) is 11.8 Å². The minimum atomic E-state index is -0.421. The van der Waals surface area contributed by atoms with E-state index >= 15 is 0 Å². The molecule has 2 amide bonds. The van der Waals surface area contributed by atoms with Crippen molar-refractivity contribution in [3.05, 3.63) is 58.8 Å². The van der Waals surface area contributed by atoms with Gasteiger partial charge in [-0.3, -0.25) is 14.5 Å². The molecule has 3 rings (SSSR count). The fourth-order valence-corrected chi connectivity index (χ4v) is 4.12. The van der Waals surface area contributed by atoms with Crippen LogP contribution in [0.25, 0.3) is 6.08 Å². The molecule has 1 heterocycles. The molecule has 2 aromatic carbocycles. The smallest absolute Gasteiger partial charge is 0.266 e. The summed E-state index contributed by atoms with van der Waals surface area (Å²) >= 11 is 6.46. The lowest BCUT2D eigenvalue weighted by molar-refractivity contribution is -0.122. The van der Waals surface area contributed by atoms with Crippen LogP contribution in [0.2, 0.25) is 0 Å². The first-order valence-corrected chi connectivity index (χ1v) is 10.3. The van der Waals surface area contributed by atoms with E-state index in [1.807, 2.05) is 6.92 Å². The van der Waals surface area contributed by atoms with Crippen molar-refractivity contribution in [2.45, 2.75) is 6.92 Å². The number of nitrogens with one attached hydrogen (secondary N) is 1. The highest BCUT2D eigenvalue weighted by molar-refractivity contribution is 8.26. The van der Waals surface area contributed by atoms with Gasteiger partial charge in [0.2, 0.25) is 0 Å². The first kappa shape index (κ1) is 21.8. The number of benzene rings is 2. The Morgan fingerprint density at radius 3 is 2.63 bits per heavy atom. The van der Waals surface area contributed by atoms with Crippen LogP contribution in [0.5, 0.6) is 11.5 Å². The van der Waals surface area contributed by atoms with Gasteiger partial charge in [0.05, 0.1) is 12.0 Å². The number of thioether (sulfide) groups is 1. The molecule has 6 nitrogen and oxygen atoms in total. The highest BCUT2D eigenvalue weighted by atomic mass is 32.2. The molecule has 0 unspecified atom stereocenters. The number of hydrogen-bond acceptors (Lipinski definition) is 6. The molecule has 9 heteroatoms. The number of para-hydroxylation sites is 1. The summed E-state index contributed by atoms with van der Waals surface area (Å²) in [4.78, 5) is 26.7. The summed E-state index contributed by atoms with van der Waals surface area (Å²) in [6.07, 6.45) is 1.67. The molecule has 156 valence electrons. The number of methoxy groups -OCH3 is 1. The van der Waals surface area contributed by atoms with Gasteiger partial charge in [-0.25, -0.2) is 4.39 Å². The molecule has 1 N–H and O–H groups in total. The van der Waals surface area contributed by atoms with Gasteiger partial charge < -0.3 is 14.8 Å². The zero-order chi connectivity index (χ0) is 21.7. The second-order valence-electron chi connectivity index (χ2n) is 6.15. The summed E-state index contributed by atoms with van der Waals surface area (Å²) in [5, 5.41) is 2.63. The lowest BCUT2D eigenvalue weighted by Crippen LogP contribution is -2.27. The van der Waals surface area contributed by atoms with E-state index < -0.39 is 11.7 Å². The summed E-state index contributed by atoms with van der Waals surface area (Å²) in [7, 11) is 1.49. The van der Waals surface area contributed by atoms with Crippen LogP contribution < -0.4 is 14.8 Å². The van der Waals surface area contributed by atoms with Crippen molar-refractivity contribution >= 4 is 51.9 Å². The molecule has 0 bridgehead atoms. The first-order chi connectivity index (χ1) is 14.4. The Balaban J connectivity index is 1.78. The third kappa shape index (κ3) is 4.98. The van der Waals surface area contributed by atoms with Crippen LogP contribution in [-0.2, 0) is 9.59 Å². The van der Waals surface area contributed by atoms with Gasteiger partial charge in [-0.05, 0) is 43.3 Å². The minimum absolute atomic E-state index is 0.171. The topological polar surface area (TPSA) is 67.9 Å². The van der Waals surface area contributed by atoms with Crippen molar-refractivity contribution < 1.29 is 23.5 Å². The zero-order valence-electron chi connectivity index (χ0n) is 16.3. The normalized spacial score (nSPS) is 14.9. The number of amides is 2. The molecule has 2 aromatic rings. The van der Waals surface area contributed by atoms with Gasteiger partial charge in [-0.2, -0.15) is 0 Å². The quantitative estimate of drug-likeness (QED) is 0.511. The summed E-state index contributed by atoms with van der Waals surface area (Å²) in [5.74, 6) is -0.234. The average Bonchev–Trinajstić information content (AvgIpc) is 3.00. The van der Waals surface area contributed by atoms with E-state index in [1.165, 1.54) is 48.0 Å². The van der Waals surface area contributed by atoms with Crippen molar-refractivity contribution in [1.29, 1.82) is 0 Å². The van der Waals surface area contributed by atoms with E-state index in [1.54, 1.807) is 24.3 Å². The zero-order valence-corrected chi connectivity index (χ0v) is 17.9. The molecule has 1 aliphatic rings. The number of anilines is 1. The molecular weight excluding hydrogens is 427 g/mol. The lowest BCUT2D eigenvalue weighted by atomic mass is 10.1. The summed E-state index contributed by atoms with van der Waals surface area (Å²) in [6, 6.07) is 10.6. The Hall–Kier alpha value is -2.91. The third-order valence-corrected chi connectivity index (χ3v) is 5.56. The first-order valence-electron chi connectivity index (χ1n) is 9.03. The number of nitrogens with zero attached hydrogens (tertiary/aromatic N) is 1. The number of carbonyl (C=O) groups is 2. The van der Waals surface area contributed by atoms with E-state index in [9.17, 15) is 14.0 Å². The molecule has 30 heavy (non-hydrogen) atoms. The Morgan fingerprint density at radius 2 is 2.00 bits per heavy atom. The standard InChI is InChI=1S/C21H19FN2O4S2/c1-3-24-20(26)17(30-21(24)29)11-13-5-4-6-16(27-2)19(13)28-12-18(25)23-15-9-7-14(22)8-10-15/h4-11H,3,12H2,1-2H3,(H,23,25)/b17-11-. The Labute approximate surface area is 183 Å². The molecule has 0 atom stereocenters. The largest absolute Gasteiger partial charge is 0.493 e. The maximum absolute atomic E-state index is 13.0. The number of thiocarbonyl (C=S) groups is 1. The fraction of sp³-hybridized carbons (Fsp3) is 0.190. The van der Waals surface area contributed by atoms with Gasteiger partial charge in [0, 0.05) is 17.8 Å². The average molecular weight is 447 g/mol. The predicted molar refractivity (Wildman–Crippen MR) is 119 cm³/mol. The molecule has 1 fully saturated rings. The number of carbonyl (C=O) groups excluding carboxylic acids is 2. The van der Waals surface area contributed by atoms with Crippen molar-refractivity contribution in [2.24, 2.45) is 0 Å². The van der Waals surface area contributed by atoms with Gasteiger partial charge >= 0.3 is 0 Å². The van der Waals surface area contributed by atoms with E-state index in [0.717, 1.165) is 0 Å². The summed E-state index contributed by atoms with van der Waals surface area (Å²) < 4.78 is 24.6. The molecule has 1 saturated heterocycles. The van der Waals surface area contributed by atoms with Crippen LogP contribution in [0.1, 0.15) is 12.5 Å². The van der Waals surface area contributed by atoms with Gasteiger partial charge in [0.1, 0.15) is 10.1 Å². The maximum Gasteiger partial charge on any atom is 0.266 e. The molecular formula is C21H19FN2O4S2. The van der Waals surface area contributed by atoms with Crippen molar-refractivity contribution in [3.8, 4) is 11.5 Å². The van der Waals surface area contributed by atoms with Crippen molar-refractivity contribution in [1.82, 2.24) is 4.90 Å². The number of hydrogen-bond donors (Lipinski definition) is 1. The number of ether oxygens (including phenoxy) is 2. The van der Waals surface area contributed by atoms with E-state index in [2.05, 4.69) is 5.32 Å². The Kier molecular flexibility index (Phi) is 7.07. The lowest BCUT2D eigenvalue weighted by Gasteiger charge is -2.14. The van der Waals surface area contributed by atoms with Crippen LogP contribution in [-0.4, -0.2) is 41.3 Å². The molecule has 0 spiro atoms. The Morgan fingerprint density at radius 1 is 1.27 bits per heavy atom. The third-order valence-electron chi connectivity index (χ3n) is 4.18. The maximum atomic E-state index is 13.0. The highest BCUT2D eigenvalue weighted by Gasteiger charge is 2.31. The molecule has 0 radical (unpaired) electrons. The number of halogens is 1. The van der Waals surface area contributed by atoms with Crippen LogP contribution in [0.4, 0.5) is 10.1 Å². The van der Waals surface area contributed by atoms with E-state index in [0.29, 0.717) is 38.5 Å². The number of rotatable bonds is 7. The SMILES string of the molecule is CCN1C(=O)/C(=C/c2cccc(OC)c2OCC(=O)Nc2ccc(F)cc2)SC1=S. The second kappa shape index (κ2) is 9.73. The second-order valence-corrected chi connectivity index (χ2v) is 7.82. The molecule has 1 aliphatic heterocycles. The molecule has 0 saturated carbocycles. The Bertz CT molecular complexity index is 1010. The van der Waals surface area contributed by atoms with Crippen molar-refractivity contribution in [2.75, 3.05) is 25.6 Å². The van der Waals surface area contributed by atoms with Crippen LogP contribution in [0.3, 0.4) is 0 Å².